The fourth-order valence-corrected chi connectivity index (χ4v) is 8.93. The van der Waals surface area contributed by atoms with E-state index in [2.05, 4.69) is 4.98 Å². The molecule has 1 spiro atoms. The number of para-hydroxylation sites is 1. The molecule has 3 saturated heterocycles. The summed E-state index contributed by atoms with van der Waals surface area (Å²) in [6.45, 7) is 9.84. The van der Waals surface area contributed by atoms with Crippen LogP contribution in [-0.4, -0.2) is 72.1 Å². The van der Waals surface area contributed by atoms with E-state index in [1.54, 1.807) is 18.2 Å². The number of allylic oxidation sites excluding steroid dienone is 1. The zero-order chi connectivity index (χ0) is 30.6. The van der Waals surface area contributed by atoms with Crippen molar-refractivity contribution in [2.45, 2.75) is 68.7 Å². The van der Waals surface area contributed by atoms with E-state index in [-0.39, 0.29) is 17.0 Å². The maximum Gasteiger partial charge on any atom is 0.287 e. The summed E-state index contributed by atoms with van der Waals surface area (Å²) in [6.07, 6.45) is 3.43. The monoisotopic (exact) mass is 582 g/mol. The van der Waals surface area contributed by atoms with Gasteiger partial charge in [-0.1, -0.05) is 51.1 Å². The third-order valence-electron chi connectivity index (χ3n) is 11.0. The number of phenols is 1. The van der Waals surface area contributed by atoms with Crippen LogP contribution in [0, 0.1) is 5.92 Å². The topological polar surface area (TPSA) is 130 Å². The standard InChI is InChI=1S/C33H34N4O6/c1-17-30(4,5)36-21-12-9-13-23(38)24(21)31(41)27(43-6)32(42)28(40)35-15-14-29(2,3)25-19(18-10-7-8-11-20(18)34-25)16-22(35)26(39)37(32)33(17,31)36/h7-17,27,34,38,41-42H,1-6H3/b15-14-,22-16-/t17-,27+,31+,32+,33+/m1/s1. The predicted octanol–water partition coefficient (Wildman–Crippen LogP) is 3.24. The summed E-state index contributed by atoms with van der Waals surface area (Å²) in [5.41, 5.74) is -4.38. The number of hydrogen-bond donors (Lipinski definition) is 4. The number of fused-ring (bicyclic) bond motifs is 8. The van der Waals surface area contributed by atoms with Crippen molar-refractivity contribution >= 4 is 34.5 Å². The molecule has 222 valence electrons. The maximum absolute atomic E-state index is 15.0. The Balaban J connectivity index is 1.45. The highest BCUT2D eigenvalue weighted by molar-refractivity contribution is 6.12. The van der Waals surface area contributed by atoms with Crippen LogP contribution in [0.4, 0.5) is 5.69 Å². The molecule has 8 rings (SSSR count). The van der Waals surface area contributed by atoms with Crippen molar-refractivity contribution in [1.82, 2.24) is 14.8 Å². The molecular formula is C33H34N4O6. The highest BCUT2D eigenvalue weighted by Gasteiger charge is 2.92. The molecule has 10 nitrogen and oxygen atoms in total. The SMILES string of the molecule is CO[C@@H]1[C@]2(O)C(=O)N3/C=C\C(C)(C)c4[nH]c5ccccc5c4/C=C\3C(=O)N2[C@]23[C@H](C)C(C)(C)N2c2cccc(O)c2[C@]13O. The number of anilines is 1. The number of aliphatic hydroxyl groups is 2. The number of ether oxygens (including phenoxy) is 1. The normalized spacial score (nSPS) is 36.4. The largest absolute Gasteiger partial charge is 0.507 e. The lowest BCUT2D eigenvalue weighted by molar-refractivity contribution is -0.214. The van der Waals surface area contributed by atoms with E-state index in [1.807, 2.05) is 69.9 Å². The lowest BCUT2D eigenvalue weighted by Crippen LogP contribution is -2.87. The smallest absolute Gasteiger partial charge is 0.287 e. The van der Waals surface area contributed by atoms with Gasteiger partial charge in [-0.05, 0) is 38.1 Å². The van der Waals surface area contributed by atoms with Gasteiger partial charge in [-0.3, -0.25) is 19.4 Å². The van der Waals surface area contributed by atoms with Crippen LogP contribution in [0.1, 0.15) is 51.4 Å². The van der Waals surface area contributed by atoms with E-state index in [1.165, 1.54) is 24.3 Å². The van der Waals surface area contributed by atoms with Crippen LogP contribution in [0.15, 0.2) is 60.4 Å². The molecule has 1 aromatic heterocycles. The fourth-order valence-electron chi connectivity index (χ4n) is 8.93. The predicted molar refractivity (Wildman–Crippen MR) is 158 cm³/mol. The van der Waals surface area contributed by atoms with Gasteiger partial charge >= 0.3 is 0 Å². The molecule has 6 heterocycles. The Labute approximate surface area is 248 Å². The van der Waals surface area contributed by atoms with Gasteiger partial charge in [0.25, 0.3) is 17.5 Å². The number of rotatable bonds is 1. The van der Waals surface area contributed by atoms with E-state index in [9.17, 15) is 20.1 Å². The minimum absolute atomic E-state index is 0.0398. The first-order chi connectivity index (χ1) is 20.2. The number of H-pyrrole nitrogens is 1. The van der Waals surface area contributed by atoms with Gasteiger partial charge in [0.2, 0.25) is 0 Å². The van der Waals surface area contributed by atoms with Crippen LogP contribution in [0.2, 0.25) is 0 Å². The molecule has 5 atom stereocenters. The van der Waals surface area contributed by atoms with Gasteiger partial charge in [0.05, 0.1) is 5.56 Å². The van der Waals surface area contributed by atoms with Gasteiger partial charge in [0, 0.05) is 58.0 Å². The number of aromatic amines is 1. The number of aromatic nitrogens is 1. The Morgan fingerprint density at radius 3 is 2.42 bits per heavy atom. The second-order valence-electron chi connectivity index (χ2n) is 13.6. The molecule has 2 amide bonds. The van der Waals surface area contributed by atoms with Crippen molar-refractivity contribution in [3.05, 3.63) is 77.3 Å². The lowest BCUT2D eigenvalue weighted by Gasteiger charge is -2.70. The van der Waals surface area contributed by atoms with Crippen molar-refractivity contribution in [3.63, 3.8) is 0 Å². The summed E-state index contributed by atoms with van der Waals surface area (Å²) >= 11 is 0. The fraction of sp³-hybridized carbons (Fsp3) is 0.394. The van der Waals surface area contributed by atoms with Gasteiger partial charge < -0.3 is 29.9 Å². The summed E-state index contributed by atoms with van der Waals surface area (Å²) in [4.78, 5) is 37.4. The summed E-state index contributed by atoms with van der Waals surface area (Å²) < 4.78 is 5.85. The van der Waals surface area contributed by atoms with Crippen molar-refractivity contribution in [2.24, 2.45) is 5.92 Å². The first-order valence-electron chi connectivity index (χ1n) is 14.5. The average molecular weight is 583 g/mol. The number of methoxy groups -OCH3 is 1. The Morgan fingerprint density at radius 1 is 0.977 bits per heavy atom. The average Bonchev–Trinajstić information content (AvgIpc) is 3.49. The second kappa shape index (κ2) is 7.50. The minimum atomic E-state index is -2.60. The molecule has 5 aliphatic heterocycles. The summed E-state index contributed by atoms with van der Waals surface area (Å²) in [5.74, 6) is -2.15. The number of piperazine rings is 1. The highest BCUT2D eigenvalue weighted by atomic mass is 16.5. The zero-order valence-corrected chi connectivity index (χ0v) is 24.8. The number of amides is 2. The summed E-state index contributed by atoms with van der Waals surface area (Å²) in [5, 5.41) is 37.6. The Kier molecular flexibility index (Phi) is 4.62. The third-order valence-corrected chi connectivity index (χ3v) is 11.0. The van der Waals surface area contributed by atoms with Crippen molar-refractivity contribution in [3.8, 4) is 5.75 Å². The van der Waals surface area contributed by atoms with Gasteiger partial charge in [0.15, 0.2) is 17.4 Å². The van der Waals surface area contributed by atoms with Crippen LogP contribution in [0.25, 0.3) is 17.0 Å². The van der Waals surface area contributed by atoms with Crippen molar-refractivity contribution in [1.29, 1.82) is 0 Å². The molecule has 0 unspecified atom stereocenters. The number of carbonyl (C=O) groups is 2. The maximum atomic E-state index is 15.0. The highest BCUT2D eigenvalue weighted by Crippen LogP contribution is 2.75. The number of benzene rings is 2. The Hall–Kier alpha value is -4.12. The van der Waals surface area contributed by atoms with E-state index in [0.717, 1.165) is 27.1 Å². The molecule has 0 radical (unpaired) electrons. The Bertz CT molecular complexity index is 1870. The van der Waals surface area contributed by atoms with Crippen molar-refractivity contribution in [2.75, 3.05) is 12.0 Å². The molecule has 3 fully saturated rings. The molecular weight excluding hydrogens is 548 g/mol. The van der Waals surface area contributed by atoms with E-state index >= 15 is 4.79 Å². The van der Waals surface area contributed by atoms with Crippen LogP contribution in [0.5, 0.6) is 5.75 Å². The molecule has 4 N–H and O–H groups in total. The van der Waals surface area contributed by atoms with Gasteiger partial charge in [-0.15, -0.1) is 0 Å². The number of nitrogens with zero attached hydrogens (tertiary/aromatic N) is 3. The van der Waals surface area contributed by atoms with Crippen LogP contribution in [0.3, 0.4) is 0 Å². The molecule has 5 aliphatic rings. The third kappa shape index (κ3) is 2.49. The first-order valence-corrected chi connectivity index (χ1v) is 14.5. The summed E-state index contributed by atoms with van der Waals surface area (Å²) in [6, 6.07) is 12.7. The molecule has 2 aromatic carbocycles. The number of nitrogens with one attached hydrogen (secondary N) is 1. The van der Waals surface area contributed by atoms with E-state index in [4.69, 9.17) is 4.74 Å². The number of phenolic OH excluding ortho intramolecular Hbond substituents is 1. The number of aromatic hydroxyl groups is 1. The van der Waals surface area contributed by atoms with Crippen LogP contribution in [-0.2, 0) is 25.3 Å². The van der Waals surface area contributed by atoms with Gasteiger partial charge in [0.1, 0.15) is 11.4 Å². The molecule has 3 aromatic rings. The minimum Gasteiger partial charge on any atom is -0.507 e. The number of carbonyl (C=O) groups excluding carboxylic acids is 2. The van der Waals surface area contributed by atoms with E-state index < -0.39 is 51.8 Å². The van der Waals surface area contributed by atoms with E-state index in [0.29, 0.717) is 5.69 Å². The first kappa shape index (κ1) is 26.5. The number of hydrogen-bond acceptors (Lipinski definition) is 7. The molecule has 10 heteroatoms. The zero-order valence-electron chi connectivity index (χ0n) is 24.8. The van der Waals surface area contributed by atoms with Gasteiger partial charge in [-0.25, -0.2) is 0 Å². The van der Waals surface area contributed by atoms with Crippen LogP contribution >= 0.6 is 0 Å². The van der Waals surface area contributed by atoms with Crippen LogP contribution < -0.4 is 4.90 Å². The second-order valence-corrected chi connectivity index (χ2v) is 13.6. The Morgan fingerprint density at radius 2 is 1.70 bits per heavy atom. The molecule has 0 bridgehead atoms. The molecule has 43 heavy (non-hydrogen) atoms. The molecule has 0 saturated carbocycles. The van der Waals surface area contributed by atoms with Crippen molar-refractivity contribution < 1.29 is 29.6 Å². The molecule has 0 aliphatic carbocycles. The summed E-state index contributed by atoms with van der Waals surface area (Å²) in [7, 11) is 1.29. The quantitative estimate of drug-likeness (QED) is 0.347. The van der Waals surface area contributed by atoms with Gasteiger partial charge in [-0.2, -0.15) is 0 Å². The lowest BCUT2D eigenvalue weighted by atomic mass is 9.61.